The molecule has 0 atom stereocenters. The summed E-state index contributed by atoms with van der Waals surface area (Å²) in [6.07, 6.45) is -0.0503. The van der Waals surface area contributed by atoms with Gasteiger partial charge in [0.25, 0.3) is 5.56 Å². The first-order valence-electron chi connectivity index (χ1n) is 11.4. The molecule has 2 aromatic carbocycles. The lowest BCUT2D eigenvalue weighted by Crippen LogP contribution is -2.42. The molecule has 0 aliphatic rings. The Bertz CT molecular complexity index is 1290. The van der Waals surface area contributed by atoms with Crippen LogP contribution in [-0.2, 0) is 22.7 Å². The topological polar surface area (TPSA) is 130 Å². The summed E-state index contributed by atoms with van der Waals surface area (Å²) in [7, 11) is 0. The van der Waals surface area contributed by atoms with Gasteiger partial charge in [0.15, 0.2) is 5.69 Å². The molecule has 0 aliphatic heterocycles. The summed E-state index contributed by atoms with van der Waals surface area (Å²) in [5.41, 5.74) is 5.82. The minimum Gasteiger partial charge on any atom is -0.383 e. The molecule has 1 heterocycles. The van der Waals surface area contributed by atoms with E-state index in [1.165, 1.54) is 9.47 Å². The molecule has 0 radical (unpaired) electrons. The van der Waals surface area contributed by atoms with Crippen LogP contribution in [0.25, 0.3) is 0 Å². The van der Waals surface area contributed by atoms with E-state index < -0.39 is 22.6 Å². The van der Waals surface area contributed by atoms with E-state index in [0.29, 0.717) is 0 Å². The van der Waals surface area contributed by atoms with Crippen molar-refractivity contribution in [2.45, 2.75) is 40.3 Å². The van der Waals surface area contributed by atoms with Gasteiger partial charge in [0.2, 0.25) is 11.8 Å². The van der Waals surface area contributed by atoms with Gasteiger partial charge in [-0.05, 0) is 11.1 Å². The Labute approximate surface area is 203 Å². The van der Waals surface area contributed by atoms with Crippen molar-refractivity contribution in [1.29, 1.82) is 0 Å². The number of hydrogen-bond donors (Lipinski definition) is 3. The van der Waals surface area contributed by atoms with E-state index >= 15 is 0 Å². The molecule has 1 aromatic heterocycles. The van der Waals surface area contributed by atoms with Crippen LogP contribution in [0.15, 0.2) is 70.3 Å². The van der Waals surface area contributed by atoms with Crippen LogP contribution >= 0.6 is 0 Å². The third-order valence-corrected chi connectivity index (χ3v) is 5.46. The number of aromatic amines is 1. The fourth-order valence-corrected chi connectivity index (χ4v) is 3.50. The number of carbonyl (C=O) groups excluding carboxylic acids is 2. The molecule has 35 heavy (non-hydrogen) atoms. The fraction of sp³-hybridized carbons (Fsp3) is 0.308. The molecule has 0 saturated heterocycles. The lowest BCUT2D eigenvalue weighted by Gasteiger charge is -2.25. The quantitative estimate of drug-likeness (QED) is 0.458. The first-order chi connectivity index (χ1) is 16.6. The molecule has 0 fully saturated rings. The Kier molecular flexibility index (Phi) is 7.91. The summed E-state index contributed by atoms with van der Waals surface area (Å²) < 4.78 is 1.23. The van der Waals surface area contributed by atoms with E-state index in [0.717, 1.165) is 11.1 Å². The molecular weight excluding hydrogens is 446 g/mol. The van der Waals surface area contributed by atoms with Gasteiger partial charge in [0, 0.05) is 18.4 Å². The standard InChI is InChI=1S/C26H31N5O4/c1-26(2,3)24(34)28-15-14-20(32)30(16-18-10-6-4-7-11-18)21-22(27)31(25(35)29-23(21)33)17-19-12-8-5-9-13-19/h4-13H,14-17,27H2,1-3H3,(H,28,34)(H,29,33,35). The maximum atomic E-state index is 13.3. The molecule has 4 N–H and O–H groups in total. The molecule has 0 spiro atoms. The Morgan fingerprint density at radius 1 is 0.971 bits per heavy atom. The maximum Gasteiger partial charge on any atom is 0.330 e. The maximum absolute atomic E-state index is 13.3. The SMILES string of the molecule is CC(C)(C)C(=O)NCCC(=O)N(Cc1ccccc1)c1c(N)n(Cc2ccccc2)c(=O)[nH]c1=O. The van der Waals surface area contributed by atoms with Gasteiger partial charge in [-0.25, -0.2) is 4.79 Å². The highest BCUT2D eigenvalue weighted by Crippen LogP contribution is 2.21. The van der Waals surface area contributed by atoms with Crippen molar-refractivity contribution < 1.29 is 9.59 Å². The number of nitrogens with two attached hydrogens (primary N) is 1. The number of nitrogens with one attached hydrogen (secondary N) is 2. The number of anilines is 2. The van der Waals surface area contributed by atoms with Crippen LogP contribution in [0.1, 0.15) is 38.3 Å². The normalized spacial score (nSPS) is 11.2. The first-order valence-corrected chi connectivity index (χ1v) is 11.4. The zero-order valence-electron chi connectivity index (χ0n) is 20.2. The fourth-order valence-electron chi connectivity index (χ4n) is 3.50. The van der Waals surface area contributed by atoms with Crippen LogP contribution in [0.2, 0.25) is 0 Å². The first kappa shape index (κ1) is 25.5. The lowest BCUT2D eigenvalue weighted by molar-refractivity contribution is -0.128. The van der Waals surface area contributed by atoms with Gasteiger partial charge in [0.05, 0.1) is 13.1 Å². The Morgan fingerprint density at radius 2 is 1.54 bits per heavy atom. The van der Waals surface area contributed by atoms with E-state index in [4.69, 9.17) is 5.73 Å². The van der Waals surface area contributed by atoms with Crippen LogP contribution in [0.5, 0.6) is 0 Å². The second-order valence-electron chi connectivity index (χ2n) is 9.29. The van der Waals surface area contributed by atoms with Crippen LogP contribution in [0.4, 0.5) is 11.5 Å². The van der Waals surface area contributed by atoms with E-state index in [-0.39, 0.29) is 43.5 Å². The number of benzene rings is 2. The van der Waals surface area contributed by atoms with Crippen molar-refractivity contribution in [3.8, 4) is 0 Å². The van der Waals surface area contributed by atoms with Crippen molar-refractivity contribution in [3.05, 3.63) is 92.6 Å². The van der Waals surface area contributed by atoms with Gasteiger partial charge < -0.3 is 16.0 Å². The summed E-state index contributed by atoms with van der Waals surface area (Å²) in [6.45, 7) is 5.64. The van der Waals surface area contributed by atoms with Crippen molar-refractivity contribution in [1.82, 2.24) is 14.9 Å². The zero-order valence-corrected chi connectivity index (χ0v) is 20.2. The molecule has 3 rings (SSSR count). The van der Waals surface area contributed by atoms with Crippen LogP contribution in [-0.4, -0.2) is 27.9 Å². The van der Waals surface area contributed by atoms with Gasteiger partial charge in [-0.3, -0.25) is 23.9 Å². The number of hydrogen-bond acceptors (Lipinski definition) is 5. The number of aromatic nitrogens is 2. The number of amides is 2. The molecule has 184 valence electrons. The number of nitrogen functional groups attached to an aromatic ring is 1. The van der Waals surface area contributed by atoms with Gasteiger partial charge in [0.1, 0.15) is 5.82 Å². The summed E-state index contributed by atoms with van der Waals surface area (Å²) >= 11 is 0. The average molecular weight is 478 g/mol. The summed E-state index contributed by atoms with van der Waals surface area (Å²) in [6, 6.07) is 18.3. The molecule has 0 bridgehead atoms. The zero-order chi connectivity index (χ0) is 25.6. The highest BCUT2D eigenvalue weighted by molar-refractivity contribution is 5.96. The van der Waals surface area contributed by atoms with E-state index in [9.17, 15) is 19.2 Å². The van der Waals surface area contributed by atoms with Gasteiger partial charge in [-0.15, -0.1) is 0 Å². The van der Waals surface area contributed by atoms with Gasteiger partial charge >= 0.3 is 5.69 Å². The largest absolute Gasteiger partial charge is 0.383 e. The lowest BCUT2D eigenvalue weighted by atomic mass is 9.96. The Balaban J connectivity index is 1.97. The second-order valence-corrected chi connectivity index (χ2v) is 9.29. The highest BCUT2D eigenvalue weighted by atomic mass is 16.2. The van der Waals surface area contributed by atoms with Crippen LogP contribution < -0.4 is 27.2 Å². The van der Waals surface area contributed by atoms with E-state index in [1.807, 2.05) is 60.7 Å². The summed E-state index contributed by atoms with van der Waals surface area (Å²) in [4.78, 5) is 54.6. The van der Waals surface area contributed by atoms with Crippen molar-refractivity contribution >= 4 is 23.3 Å². The minimum atomic E-state index is -0.750. The van der Waals surface area contributed by atoms with Crippen molar-refractivity contribution in [3.63, 3.8) is 0 Å². The van der Waals surface area contributed by atoms with Crippen LogP contribution in [0.3, 0.4) is 0 Å². The monoisotopic (exact) mass is 477 g/mol. The third kappa shape index (κ3) is 6.47. The molecule has 0 unspecified atom stereocenters. The minimum absolute atomic E-state index is 0.0503. The van der Waals surface area contributed by atoms with E-state index in [1.54, 1.807) is 20.8 Å². The highest BCUT2D eigenvalue weighted by Gasteiger charge is 2.26. The molecule has 0 aliphatic carbocycles. The third-order valence-electron chi connectivity index (χ3n) is 5.46. The number of nitrogens with zero attached hydrogens (tertiary/aromatic N) is 2. The molecule has 2 amide bonds. The average Bonchev–Trinajstić information content (AvgIpc) is 2.81. The number of H-pyrrole nitrogens is 1. The summed E-state index contributed by atoms with van der Waals surface area (Å²) in [5.74, 6) is -0.704. The number of carbonyl (C=O) groups is 2. The smallest absolute Gasteiger partial charge is 0.330 e. The van der Waals surface area contributed by atoms with Gasteiger partial charge in [-0.2, -0.15) is 0 Å². The van der Waals surface area contributed by atoms with Crippen molar-refractivity contribution in [2.24, 2.45) is 5.41 Å². The van der Waals surface area contributed by atoms with Crippen LogP contribution in [0, 0.1) is 5.41 Å². The molecule has 0 saturated carbocycles. The predicted octanol–water partition coefficient (Wildman–Crippen LogP) is 2.25. The molecular formula is C26H31N5O4. The predicted molar refractivity (Wildman–Crippen MR) is 136 cm³/mol. The Hall–Kier alpha value is -4.14. The van der Waals surface area contributed by atoms with Crippen molar-refractivity contribution in [2.75, 3.05) is 17.2 Å². The summed E-state index contributed by atoms with van der Waals surface area (Å²) in [5, 5.41) is 2.75. The van der Waals surface area contributed by atoms with E-state index in [2.05, 4.69) is 10.3 Å². The molecule has 3 aromatic rings. The molecule has 9 heteroatoms. The second kappa shape index (κ2) is 10.9. The number of rotatable bonds is 8. The van der Waals surface area contributed by atoms with Gasteiger partial charge in [-0.1, -0.05) is 81.4 Å². The molecule has 9 nitrogen and oxygen atoms in total. The Morgan fingerprint density at radius 3 is 2.11 bits per heavy atom.